The number of thiophene rings is 2. The molecule has 6 aromatic rings. The van der Waals surface area contributed by atoms with E-state index in [1.54, 1.807) is 11.3 Å². The highest BCUT2D eigenvalue weighted by atomic mass is 32.1. The maximum absolute atomic E-state index is 4.09. The average molecular weight is 377 g/mol. The predicted molar refractivity (Wildman–Crippen MR) is 112 cm³/mol. The summed E-state index contributed by atoms with van der Waals surface area (Å²) in [5, 5.41) is 10.2. The molecule has 0 amide bonds. The van der Waals surface area contributed by atoms with Crippen LogP contribution in [0.25, 0.3) is 40.5 Å². The first-order chi connectivity index (χ1) is 12.4. The zero-order valence-corrected chi connectivity index (χ0v) is 15.5. The lowest BCUT2D eigenvalue weighted by Crippen LogP contribution is -1.68. The number of benzene rings is 3. The Balaban J connectivity index is 0.000000112. The van der Waals surface area contributed by atoms with Crippen molar-refractivity contribution >= 4 is 74.7 Å². The minimum atomic E-state index is 1.04. The first-order valence-corrected chi connectivity index (χ1v) is 10.3. The zero-order valence-electron chi connectivity index (χ0n) is 13.0. The number of aromatic nitrogens is 2. The summed E-state index contributed by atoms with van der Waals surface area (Å²) < 4.78 is 9.14. The summed E-state index contributed by atoms with van der Waals surface area (Å²) in [7, 11) is 0. The van der Waals surface area contributed by atoms with Gasteiger partial charge in [0.2, 0.25) is 0 Å². The Morgan fingerprint density at radius 2 is 1.28 bits per heavy atom. The summed E-state index contributed by atoms with van der Waals surface area (Å²) in [6, 6.07) is 23.4. The fourth-order valence-electron chi connectivity index (χ4n) is 2.97. The molecule has 6 rings (SSSR count). The molecule has 0 fully saturated rings. The van der Waals surface area contributed by atoms with Gasteiger partial charge in [0.1, 0.15) is 5.52 Å². The van der Waals surface area contributed by atoms with Crippen molar-refractivity contribution in [1.82, 2.24) is 9.59 Å². The summed E-state index contributed by atoms with van der Waals surface area (Å²) in [5.74, 6) is 0. The van der Waals surface area contributed by atoms with E-state index in [9.17, 15) is 0 Å². The maximum atomic E-state index is 4.09. The second kappa shape index (κ2) is 6.19. The Morgan fingerprint density at radius 3 is 2.04 bits per heavy atom. The molecule has 3 aromatic heterocycles. The van der Waals surface area contributed by atoms with Crippen molar-refractivity contribution in [2.75, 3.05) is 0 Å². The summed E-state index contributed by atoms with van der Waals surface area (Å²) in [6.07, 6.45) is 0. The van der Waals surface area contributed by atoms with E-state index in [-0.39, 0.29) is 0 Å². The van der Waals surface area contributed by atoms with E-state index in [2.05, 4.69) is 81.7 Å². The summed E-state index contributed by atoms with van der Waals surface area (Å²) in [6.45, 7) is 0. The van der Waals surface area contributed by atoms with E-state index >= 15 is 0 Å². The highest BCUT2D eigenvalue weighted by Crippen LogP contribution is 2.33. The van der Waals surface area contributed by atoms with Crippen LogP contribution in [0.3, 0.4) is 0 Å². The second-order valence-electron chi connectivity index (χ2n) is 5.61. The molecule has 25 heavy (non-hydrogen) atoms. The molecule has 3 aromatic carbocycles. The molecule has 0 spiro atoms. The van der Waals surface area contributed by atoms with Gasteiger partial charge in [-0.3, -0.25) is 0 Å². The van der Waals surface area contributed by atoms with Gasteiger partial charge in [-0.1, -0.05) is 40.9 Å². The van der Waals surface area contributed by atoms with E-state index in [0.29, 0.717) is 0 Å². The molecule has 2 nitrogen and oxygen atoms in total. The van der Waals surface area contributed by atoms with Crippen LogP contribution in [0.4, 0.5) is 0 Å². The second-order valence-corrected chi connectivity index (χ2v) is 8.43. The topological polar surface area (TPSA) is 25.8 Å². The van der Waals surface area contributed by atoms with Crippen molar-refractivity contribution in [2.45, 2.75) is 0 Å². The average Bonchev–Trinajstić information content (AvgIpc) is 3.38. The third-order valence-electron chi connectivity index (χ3n) is 4.13. The lowest BCUT2D eigenvalue weighted by molar-refractivity contribution is 1.20. The van der Waals surface area contributed by atoms with E-state index < -0.39 is 0 Å². The molecule has 5 heteroatoms. The molecule has 0 aliphatic heterocycles. The predicted octanol–water partition coefficient (Wildman–Crippen LogP) is 6.96. The standard InChI is InChI=1S/C12H8S.C8H4N2S2/c1-3-7-11-9(5-1)10-6-2-4-8-12(10)13-11;1-2-7-8(9-10-12-7)5-3-4-11-6(1)5/h1-8H;1-4H. The summed E-state index contributed by atoms with van der Waals surface area (Å²) in [4.78, 5) is 0. The molecule has 0 atom stereocenters. The number of nitrogens with zero attached hydrogens (tertiary/aromatic N) is 2. The van der Waals surface area contributed by atoms with Crippen molar-refractivity contribution in [2.24, 2.45) is 0 Å². The lowest BCUT2D eigenvalue weighted by atomic mass is 10.2. The maximum Gasteiger partial charge on any atom is 0.114 e. The first kappa shape index (κ1) is 15.0. The molecule has 3 heterocycles. The molecule has 0 saturated carbocycles. The van der Waals surface area contributed by atoms with Gasteiger partial charge >= 0.3 is 0 Å². The Hall–Kier alpha value is -2.34. The van der Waals surface area contributed by atoms with Gasteiger partial charge in [0.25, 0.3) is 0 Å². The van der Waals surface area contributed by atoms with Crippen LogP contribution in [0.2, 0.25) is 0 Å². The van der Waals surface area contributed by atoms with Gasteiger partial charge in [-0.2, -0.15) is 0 Å². The third kappa shape index (κ3) is 2.61. The zero-order chi connectivity index (χ0) is 16.6. The van der Waals surface area contributed by atoms with E-state index in [0.717, 1.165) is 5.52 Å². The molecular formula is C20H12N2S3. The SMILES string of the molecule is c1cc2c(ccc3snnc32)s1.c1ccc2c(c1)sc1ccccc12. The van der Waals surface area contributed by atoms with E-state index in [1.807, 2.05) is 11.3 Å². The Kier molecular flexibility index (Phi) is 3.70. The summed E-state index contributed by atoms with van der Waals surface area (Å²) in [5.41, 5.74) is 1.04. The van der Waals surface area contributed by atoms with Gasteiger partial charge in [0.15, 0.2) is 0 Å². The Labute approximate surface area is 156 Å². The van der Waals surface area contributed by atoms with Crippen LogP contribution >= 0.6 is 34.2 Å². The van der Waals surface area contributed by atoms with Crippen molar-refractivity contribution in [3.63, 3.8) is 0 Å². The van der Waals surface area contributed by atoms with Crippen molar-refractivity contribution < 1.29 is 0 Å². The van der Waals surface area contributed by atoms with Crippen LogP contribution in [0, 0.1) is 0 Å². The van der Waals surface area contributed by atoms with Crippen LogP contribution in [-0.4, -0.2) is 9.59 Å². The van der Waals surface area contributed by atoms with Gasteiger partial charge in [0.05, 0.1) is 4.70 Å². The molecule has 0 aliphatic carbocycles. The Bertz CT molecular complexity index is 1210. The lowest BCUT2D eigenvalue weighted by Gasteiger charge is -1.88. The quantitative estimate of drug-likeness (QED) is 0.286. The number of rotatable bonds is 0. The van der Waals surface area contributed by atoms with Crippen LogP contribution < -0.4 is 0 Å². The van der Waals surface area contributed by atoms with E-state index in [1.165, 1.54) is 46.5 Å². The van der Waals surface area contributed by atoms with Crippen LogP contribution in [0.5, 0.6) is 0 Å². The molecule has 0 bridgehead atoms. The number of hydrogen-bond acceptors (Lipinski definition) is 5. The molecule has 0 radical (unpaired) electrons. The minimum Gasteiger partial charge on any atom is -0.144 e. The van der Waals surface area contributed by atoms with Crippen molar-refractivity contribution in [1.29, 1.82) is 0 Å². The van der Waals surface area contributed by atoms with E-state index in [4.69, 9.17) is 0 Å². The fraction of sp³-hybridized carbons (Fsp3) is 0. The molecule has 120 valence electrons. The smallest absolute Gasteiger partial charge is 0.114 e. The molecule has 0 aliphatic rings. The van der Waals surface area contributed by atoms with Gasteiger partial charge in [0, 0.05) is 30.3 Å². The van der Waals surface area contributed by atoms with Crippen LogP contribution in [0.15, 0.2) is 72.1 Å². The molecule has 0 unspecified atom stereocenters. The molecular weight excluding hydrogens is 364 g/mol. The van der Waals surface area contributed by atoms with Crippen LogP contribution in [0.1, 0.15) is 0 Å². The highest BCUT2D eigenvalue weighted by Gasteiger charge is 2.03. The van der Waals surface area contributed by atoms with Gasteiger partial charge in [-0.25, -0.2) is 0 Å². The summed E-state index contributed by atoms with van der Waals surface area (Å²) >= 11 is 5.05. The van der Waals surface area contributed by atoms with Gasteiger partial charge in [-0.05, 0) is 47.2 Å². The van der Waals surface area contributed by atoms with Crippen molar-refractivity contribution in [3.05, 3.63) is 72.1 Å². The van der Waals surface area contributed by atoms with Gasteiger partial charge < -0.3 is 0 Å². The number of fused-ring (bicyclic) bond motifs is 6. The normalized spacial score (nSPS) is 11.2. The largest absolute Gasteiger partial charge is 0.144 e. The van der Waals surface area contributed by atoms with Crippen molar-refractivity contribution in [3.8, 4) is 0 Å². The third-order valence-corrected chi connectivity index (χ3v) is 6.86. The minimum absolute atomic E-state index is 1.04. The molecule has 0 N–H and O–H groups in total. The first-order valence-electron chi connectivity index (χ1n) is 7.85. The van der Waals surface area contributed by atoms with Gasteiger partial charge in [-0.15, -0.1) is 27.8 Å². The fourth-order valence-corrected chi connectivity index (χ4v) is 5.44. The number of hydrogen-bond donors (Lipinski definition) is 0. The van der Waals surface area contributed by atoms with Crippen LogP contribution in [-0.2, 0) is 0 Å². The molecule has 0 saturated heterocycles. The Morgan fingerprint density at radius 1 is 0.600 bits per heavy atom. The monoisotopic (exact) mass is 376 g/mol. The highest BCUT2D eigenvalue weighted by molar-refractivity contribution is 7.25.